The van der Waals surface area contributed by atoms with Gasteiger partial charge in [0.25, 0.3) is 5.92 Å². The van der Waals surface area contributed by atoms with Crippen LogP contribution in [0, 0.1) is 28.6 Å². The van der Waals surface area contributed by atoms with Crippen LogP contribution in [0.1, 0.15) is 82.6 Å². The molecule has 0 unspecified atom stereocenters. The van der Waals surface area contributed by atoms with Gasteiger partial charge in [-0.3, -0.25) is 28.8 Å². The fourth-order valence-electron chi connectivity index (χ4n) is 11.6. The van der Waals surface area contributed by atoms with Gasteiger partial charge in [0, 0.05) is 41.6 Å². The minimum absolute atomic E-state index is 0.00938. The number of aliphatic hydroxyl groups is 2. The van der Waals surface area contributed by atoms with E-state index in [0.717, 1.165) is 5.57 Å². The third kappa shape index (κ3) is 7.70. The van der Waals surface area contributed by atoms with E-state index in [2.05, 4.69) is 38.8 Å². The van der Waals surface area contributed by atoms with Gasteiger partial charge >= 0.3 is 5.97 Å². The van der Waals surface area contributed by atoms with Crippen molar-refractivity contribution in [1.82, 2.24) is 16.0 Å². The Kier molecular flexibility index (Phi) is 11.6. The summed E-state index contributed by atoms with van der Waals surface area (Å²) in [5, 5.41) is 38.8. The summed E-state index contributed by atoms with van der Waals surface area (Å²) in [7, 11) is 0. The van der Waals surface area contributed by atoms with Crippen molar-refractivity contribution in [3.8, 4) is 0 Å². The van der Waals surface area contributed by atoms with Gasteiger partial charge in [-0.15, -0.1) is 0 Å². The number of benzene rings is 1. The average Bonchev–Trinajstić information content (AvgIpc) is 3.67. The zero-order chi connectivity index (χ0) is 42.7. The standard InChI is InChI=1S/C42H50BrF2N3O11/c1-38-12-11-25(50)13-24(38)7-8-26-27-14-31-42(30(52)19-49,39(27,2)16-29(51)35(26)38)59-37(58-31)23-5-3-22(4-6-23)15-40(20-41(44,45)21-40)48-36(57)28(9-10-34(55)56)47-33(54)18-46-32(53)17-43/h3-6,11-13,26-29,31,35,37,49,51H,7-10,14-21H2,1-2H3,(H,46,53)(H,47,54)(H,48,57)(H,55,56)/t26-,27-,28-,29-,31+,35+,37+,38-,39-,42+/m0/s1. The van der Waals surface area contributed by atoms with Gasteiger partial charge < -0.3 is 40.7 Å². The number of nitrogens with one attached hydrogen (secondary N) is 3. The number of carboxylic acids is 1. The van der Waals surface area contributed by atoms with Crippen LogP contribution in [0.3, 0.4) is 0 Å². The molecule has 5 fully saturated rings. The number of aliphatic carboxylic acids is 1. The van der Waals surface area contributed by atoms with Crippen LogP contribution in [0.15, 0.2) is 48.1 Å². The van der Waals surface area contributed by atoms with E-state index in [1.54, 1.807) is 36.4 Å². The molecule has 0 aromatic heterocycles. The lowest BCUT2D eigenvalue weighted by molar-refractivity contribution is -0.201. The first kappa shape index (κ1) is 43.2. The number of Topliss-reactive ketones (excluding diaryl/α,β-unsaturated/α-hetero) is 1. The highest BCUT2D eigenvalue weighted by Gasteiger charge is 2.76. The van der Waals surface area contributed by atoms with Crippen molar-refractivity contribution in [2.24, 2.45) is 28.6 Å². The Hall–Kier alpha value is -3.90. The summed E-state index contributed by atoms with van der Waals surface area (Å²) >= 11 is 2.95. The highest BCUT2D eigenvalue weighted by molar-refractivity contribution is 9.09. The number of hydrogen-bond donors (Lipinski definition) is 6. The number of alkyl halides is 3. The molecule has 4 saturated carbocycles. The fraction of sp³-hybridized carbons (Fsp3) is 0.619. The van der Waals surface area contributed by atoms with Crippen LogP contribution in [0.5, 0.6) is 0 Å². The molecule has 17 heteroatoms. The normalized spacial score (nSPS) is 35.1. The molecule has 1 aliphatic heterocycles. The van der Waals surface area contributed by atoms with Gasteiger partial charge in [-0.05, 0) is 68.1 Å². The molecule has 59 heavy (non-hydrogen) atoms. The molecule has 14 nitrogen and oxygen atoms in total. The highest BCUT2D eigenvalue weighted by atomic mass is 79.9. The first-order valence-corrected chi connectivity index (χ1v) is 21.1. The molecule has 5 aliphatic carbocycles. The van der Waals surface area contributed by atoms with E-state index in [9.17, 15) is 52.9 Å². The lowest BCUT2D eigenvalue weighted by Crippen LogP contribution is -2.66. The van der Waals surface area contributed by atoms with Crippen LogP contribution in [-0.4, -0.2) is 104 Å². The average molecular weight is 891 g/mol. The Morgan fingerprint density at radius 2 is 1.78 bits per heavy atom. The predicted octanol–water partition coefficient (Wildman–Crippen LogP) is 2.98. The molecule has 1 aromatic rings. The molecule has 1 saturated heterocycles. The lowest BCUT2D eigenvalue weighted by Gasteiger charge is -2.59. The number of carbonyl (C=O) groups excluding carboxylic acids is 5. The third-order valence-electron chi connectivity index (χ3n) is 14.0. The molecule has 0 radical (unpaired) electrons. The molecule has 1 aromatic carbocycles. The second-order valence-electron chi connectivity index (χ2n) is 17.7. The number of rotatable bonds is 14. The van der Waals surface area contributed by atoms with Gasteiger partial charge in [-0.25, -0.2) is 8.78 Å². The lowest BCUT2D eigenvalue weighted by atomic mass is 9.46. The van der Waals surface area contributed by atoms with E-state index in [1.165, 1.54) is 0 Å². The maximum atomic E-state index is 14.5. The van der Waals surface area contributed by atoms with Crippen molar-refractivity contribution in [3.63, 3.8) is 0 Å². The molecule has 7 rings (SSSR count). The van der Waals surface area contributed by atoms with E-state index >= 15 is 0 Å². The van der Waals surface area contributed by atoms with Gasteiger partial charge in [0.05, 0.1) is 29.6 Å². The smallest absolute Gasteiger partial charge is 0.303 e. The summed E-state index contributed by atoms with van der Waals surface area (Å²) in [5.74, 6) is -7.30. The monoisotopic (exact) mass is 889 g/mol. The summed E-state index contributed by atoms with van der Waals surface area (Å²) in [5.41, 5.74) is -2.30. The summed E-state index contributed by atoms with van der Waals surface area (Å²) in [6.45, 7) is 2.73. The minimum Gasteiger partial charge on any atom is -0.481 e. The van der Waals surface area contributed by atoms with Crippen molar-refractivity contribution >= 4 is 51.2 Å². The van der Waals surface area contributed by atoms with Gasteiger partial charge in [0.1, 0.15) is 12.6 Å². The second-order valence-corrected chi connectivity index (χ2v) is 18.3. The molecular formula is C42H50BrF2N3O11. The van der Waals surface area contributed by atoms with Crippen molar-refractivity contribution in [2.75, 3.05) is 18.5 Å². The number of fused-ring (bicyclic) bond motifs is 7. The van der Waals surface area contributed by atoms with Crippen molar-refractivity contribution in [2.45, 2.75) is 113 Å². The topological polar surface area (TPSA) is 218 Å². The van der Waals surface area contributed by atoms with Crippen LogP contribution in [0.4, 0.5) is 8.78 Å². The Balaban J connectivity index is 1.07. The van der Waals surface area contributed by atoms with E-state index in [4.69, 9.17) is 9.47 Å². The number of amides is 3. The zero-order valence-corrected chi connectivity index (χ0v) is 34.4. The van der Waals surface area contributed by atoms with Crippen molar-refractivity contribution in [1.29, 1.82) is 0 Å². The molecule has 6 aliphatic rings. The summed E-state index contributed by atoms with van der Waals surface area (Å²) in [4.78, 5) is 75.0. The third-order valence-corrected chi connectivity index (χ3v) is 14.5. The van der Waals surface area contributed by atoms with Gasteiger partial charge in [0.2, 0.25) is 17.7 Å². The second kappa shape index (κ2) is 15.9. The van der Waals surface area contributed by atoms with Crippen LogP contribution in [-0.2, 0) is 44.7 Å². The first-order valence-electron chi connectivity index (χ1n) is 20.0. The Bertz CT molecular complexity index is 1970. The van der Waals surface area contributed by atoms with Crippen LogP contribution in [0.2, 0.25) is 0 Å². The zero-order valence-electron chi connectivity index (χ0n) is 32.8. The maximum absolute atomic E-state index is 14.5. The Labute approximate surface area is 348 Å². The predicted molar refractivity (Wildman–Crippen MR) is 208 cm³/mol. The largest absolute Gasteiger partial charge is 0.481 e. The van der Waals surface area contributed by atoms with Crippen molar-refractivity contribution < 1.29 is 62.3 Å². The van der Waals surface area contributed by atoms with Gasteiger partial charge in [0.15, 0.2) is 23.5 Å². The molecule has 10 atom stereocenters. The molecule has 3 amide bonds. The number of ether oxygens (including phenoxy) is 2. The summed E-state index contributed by atoms with van der Waals surface area (Å²) in [6, 6.07) is 5.33. The SMILES string of the molecule is C[C@]12C=CC(=O)C=C1CC[C@@H]1[C@@H]2[C@@H](O)C[C@@]2(C)[C@H]1C[C@H]1O[C@@H](c3ccc(CC4(NC(=O)[C@H](CCC(=O)O)NC(=O)CNC(=O)CBr)CC(F)(F)C4)cc3)O[C@]12C(=O)CO. The van der Waals surface area contributed by atoms with E-state index in [-0.39, 0.29) is 48.1 Å². The highest BCUT2D eigenvalue weighted by Crippen LogP contribution is 2.70. The number of halogens is 3. The van der Waals surface area contributed by atoms with Gasteiger partial charge in [-0.2, -0.15) is 0 Å². The van der Waals surface area contributed by atoms with Gasteiger partial charge in [-0.1, -0.05) is 65.7 Å². The summed E-state index contributed by atoms with van der Waals surface area (Å²) < 4.78 is 42.2. The van der Waals surface area contributed by atoms with Crippen LogP contribution in [0.25, 0.3) is 0 Å². The van der Waals surface area contributed by atoms with E-state index in [1.807, 2.05) is 13.0 Å². The minimum atomic E-state index is -3.08. The fourth-order valence-corrected chi connectivity index (χ4v) is 11.8. The van der Waals surface area contributed by atoms with E-state index < -0.39 is 114 Å². The molecule has 320 valence electrons. The number of hydrogen-bond acceptors (Lipinski definition) is 10. The van der Waals surface area contributed by atoms with Crippen LogP contribution < -0.4 is 16.0 Å². The van der Waals surface area contributed by atoms with Crippen molar-refractivity contribution in [3.05, 3.63) is 59.2 Å². The number of allylic oxidation sites excluding steroid dienone is 4. The number of carbonyl (C=O) groups is 6. The molecule has 0 bridgehead atoms. The first-order chi connectivity index (χ1) is 27.8. The summed E-state index contributed by atoms with van der Waals surface area (Å²) in [6.07, 6.45) is 2.39. The Morgan fingerprint density at radius 3 is 2.42 bits per heavy atom. The quantitative estimate of drug-likeness (QED) is 0.149. The molecule has 0 spiro atoms. The number of aliphatic hydroxyl groups excluding tert-OH is 2. The number of carboxylic acid groups (broad SMARTS) is 1. The molecular weight excluding hydrogens is 840 g/mol. The van der Waals surface area contributed by atoms with Crippen LogP contribution >= 0.6 is 15.9 Å². The van der Waals surface area contributed by atoms with E-state index in [0.29, 0.717) is 30.4 Å². The Morgan fingerprint density at radius 1 is 1.07 bits per heavy atom. The molecule has 6 N–H and O–H groups in total. The molecule has 1 heterocycles. The number of ketones is 2. The maximum Gasteiger partial charge on any atom is 0.303 e.